The first-order chi connectivity index (χ1) is 19.0. The molecule has 4 aromatic rings. The number of nitrogens with one attached hydrogen (secondary N) is 3. The van der Waals surface area contributed by atoms with Crippen molar-refractivity contribution in [2.75, 3.05) is 29.0 Å². The number of halogens is 1. The van der Waals surface area contributed by atoms with Gasteiger partial charge in [0.1, 0.15) is 22.2 Å². The van der Waals surface area contributed by atoms with Crippen molar-refractivity contribution in [3.05, 3.63) is 102 Å². The highest BCUT2D eigenvalue weighted by Gasteiger charge is 2.23. The van der Waals surface area contributed by atoms with Crippen LogP contribution < -0.4 is 24.2 Å². The lowest BCUT2D eigenvalue weighted by atomic mass is 10.2. The number of anilines is 3. The monoisotopic (exact) mass is 585 g/mol. The fourth-order valence-electron chi connectivity index (χ4n) is 3.63. The third-order valence-electron chi connectivity index (χ3n) is 5.61. The Bertz CT molecular complexity index is 1760. The lowest BCUT2D eigenvalue weighted by Gasteiger charge is -2.13. The molecule has 0 saturated carbocycles. The molecule has 40 heavy (non-hydrogen) atoms. The Hall–Kier alpha value is -4.62. The molecular formula is C27H24FN3O7S2. The zero-order valence-corrected chi connectivity index (χ0v) is 22.8. The van der Waals surface area contributed by atoms with Gasteiger partial charge in [-0.1, -0.05) is 24.3 Å². The highest BCUT2D eigenvalue weighted by Crippen LogP contribution is 2.28. The van der Waals surface area contributed by atoms with Gasteiger partial charge < -0.3 is 14.8 Å². The number of carbonyl (C=O) groups is 1. The summed E-state index contributed by atoms with van der Waals surface area (Å²) in [4.78, 5) is 12.0. The second-order valence-corrected chi connectivity index (χ2v) is 11.6. The zero-order chi connectivity index (χ0) is 28.9. The number of hydrogen-bond acceptors (Lipinski definition) is 7. The van der Waals surface area contributed by atoms with Crippen molar-refractivity contribution < 1.29 is 35.5 Å². The minimum absolute atomic E-state index is 0.0750. The molecule has 0 aromatic heterocycles. The third kappa shape index (κ3) is 6.33. The van der Waals surface area contributed by atoms with Crippen LogP contribution in [-0.2, 0) is 20.0 Å². The number of para-hydroxylation sites is 4. The summed E-state index contributed by atoms with van der Waals surface area (Å²) >= 11 is 0. The van der Waals surface area contributed by atoms with Gasteiger partial charge in [0, 0.05) is 11.3 Å². The molecule has 4 aromatic carbocycles. The van der Waals surface area contributed by atoms with Crippen molar-refractivity contribution in [1.29, 1.82) is 0 Å². The Morgan fingerprint density at radius 1 is 0.700 bits per heavy atom. The first-order valence-corrected chi connectivity index (χ1v) is 14.5. The van der Waals surface area contributed by atoms with E-state index < -0.39 is 36.7 Å². The van der Waals surface area contributed by atoms with Crippen LogP contribution in [0, 0.1) is 5.82 Å². The number of methoxy groups -OCH3 is 2. The molecule has 208 valence electrons. The van der Waals surface area contributed by atoms with E-state index in [1.54, 1.807) is 36.4 Å². The molecule has 0 radical (unpaired) electrons. The molecule has 0 atom stereocenters. The van der Waals surface area contributed by atoms with Gasteiger partial charge in [0.2, 0.25) is 0 Å². The van der Waals surface area contributed by atoms with Gasteiger partial charge in [-0.25, -0.2) is 21.2 Å². The van der Waals surface area contributed by atoms with Crippen LogP contribution in [0.1, 0.15) is 10.4 Å². The number of sulfonamides is 2. The van der Waals surface area contributed by atoms with Crippen LogP contribution >= 0.6 is 0 Å². The van der Waals surface area contributed by atoms with E-state index in [0.29, 0.717) is 5.75 Å². The van der Waals surface area contributed by atoms with E-state index in [9.17, 15) is 26.0 Å². The molecule has 13 heteroatoms. The average Bonchev–Trinajstić information content (AvgIpc) is 2.93. The highest BCUT2D eigenvalue weighted by molar-refractivity contribution is 7.93. The Labute approximate surface area is 230 Å². The molecule has 0 bridgehead atoms. The van der Waals surface area contributed by atoms with Crippen molar-refractivity contribution in [3.63, 3.8) is 0 Å². The Morgan fingerprint density at radius 3 is 1.77 bits per heavy atom. The van der Waals surface area contributed by atoms with Crippen LogP contribution in [0.3, 0.4) is 0 Å². The number of amides is 1. The summed E-state index contributed by atoms with van der Waals surface area (Å²) < 4.78 is 81.0. The van der Waals surface area contributed by atoms with Gasteiger partial charge in [0.25, 0.3) is 26.0 Å². The molecule has 0 aliphatic rings. The lowest BCUT2D eigenvalue weighted by molar-refractivity contribution is 0.102. The fourth-order valence-corrected chi connectivity index (χ4v) is 5.88. The first kappa shape index (κ1) is 28.4. The number of ether oxygens (including phenoxy) is 2. The molecule has 0 unspecified atom stereocenters. The van der Waals surface area contributed by atoms with Gasteiger partial charge in [0.15, 0.2) is 0 Å². The van der Waals surface area contributed by atoms with Crippen LogP contribution in [0.2, 0.25) is 0 Å². The molecule has 4 rings (SSSR count). The van der Waals surface area contributed by atoms with E-state index >= 15 is 0 Å². The Balaban J connectivity index is 1.51. The van der Waals surface area contributed by atoms with Gasteiger partial charge in [-0.15, -0.1) is 0 Å². The fraction of sp³-hybridized carbons (Fsp3) is 0.0741. The van der Waals surface area contributed by atoms with E-state index in [0.717, 1.165) is 18.2 Å². The largest absolute Gasteiger partial charge is 0.495 e. The summed E-state index contributed by atoms with van der Waals surface area (Å²) in [5.41, 5.74) is 0.428. The molecular weight excluding hydrogens is 561 g/mol. The van der Waals surface area contributed by atoms with Crippen molar-refractivity contribution in [1.82, 2.24) is 0 Å². The van der Waals surface area contributed by atoms with Crippen molar-refractivity contribution in [2.24, 2.45) is 0 Å². The van der Waals surface area contributed by atoms with E-state index in [4.69, 9.17) is 9.47 Å². The van der Waals surface area contributed by atoms with Crippen molar-refractivity contribution in [3.8, 4) is 11.5 Å². The highest BCUT2D eigenvalue weighted by atomic mass is 32.2. The summed E-state index contributed by atoms with van der Waals surface area (Å²) in [6, 6.07) is 20.9. The van der Waals surface area contributed by atoms with Crippen molar-refractivity contribution in [2.45, 2.75) is 9.79 Å². The number of carbonyl (C=O) groups excluding carboxylic acids is 1. The van der Waals surface area contributed by atoms with E-state index in [2.05, 4.69) is 14.8 Å². The van der Waals surface area contributed by atoms with Gasteiger partial charge in [-0.3, -0.25) is 14.2 Å². The quantitative estimate of drug-likeness (QED) is 0.245. The molecule has 0 aliphatic heterocycles. The van der Waals surface area contributed by atoms with Crippen LogP contribution in [0.5, 0.6) is 11.5 Å². The minimum atomic E-state index is -4.43. The zero-order valence-electron chi connectivity index (χ0n) is 21.2. The lowest BCUT2D eigenvalue weighted by Crippen LogP contribution is -2.18. The first-order valence-electron chi connectivity index (χ1n) is 11.6. The minimum Gasteiger partial charge on any atom is -0.495 e. The SMILES string of the molecule is COc1ccccc1NS(=O)(=O)c1ccc(NC(=O)c2ccc(F)c(S(=O)(=O)Nc3ccccc3OC)c2)cc1. The van der Waals surface area contributed by atoms with Crippen LogP contribution in [0.15, 0.2) is 101 Å². The topological polar surface area (TPSA) is 140 Å². The van der Waals surface area contributed by atoms with Gasteiger partial charge in [-0.05, 0) is 66.7 Å². The smallest absolute Gasteiger partial charge is 0.264 e. The van der Waals surface area contributed by atoms with Crippen molar-refractivity contribution >= 4 is 43.0 Å². The third-order valence-corrected chi connectivity index (χ3v) is 8.37. The van der Waals surface area contributed by atoms with E-state index in [-0.39, 0.29) is 33.3 Å². The summed E-state index contributed by atoms with van der Waals surface area (Å²) in [6.45, 7) is 0. The maximum absolute atomic E-state index is 14.5. The predicted molar refractivity (Wildman–Crippen MR) is 148 cm³/mol. The molecule has 0 spiro atoms. The average molecular weight is 586 g/mol. The molecule has 3 N–H and O–H groups in total. The maximum atomic E-state index is 14.5. The van der Waals surface area contributed by atoms with Gasteiger partial charge in [-0.2, -0.15) is 0 Å². The van der Waals surface area contributed by atoms with Gasteiger partial charge in [0.05, 0.1) is 30.5 Å². The predicted octanol–water partition coefficient (Wildman–Crippen LogP) is 4.70. The standard InChI is InChI=1S/C27H24FN3O7S2/c1-37-24-9-5-3-7-22(24)30-39(33,34)20-14-12-19(13-15-20)29-27(32)18-11-16-21(28)26(17-18)40(35,36)31-23-8-4-6-10-25(23)38-2/h3-17,30-31H,1-2H3,(H,29,32). The normalized spacial score (nSPS) is 11.4. The van der Waals surface area contributed by atoms with E-state index in [1.807, 2.05) is 0 Å². The Morgan fingerprint density at radius 2 is 1.23 bits per heavy atom. The summed E-state index contributed by atoms with van der Waals surface area (Å²) in [5.74, 6) is -1.23. The summed E-state index contributed by atoms with van der Waals surface area (Å²) in [6.07, 6.45) is 0. The summed E-state index contributed by atoms with van der Waals surface area (Å²) in [5, 5.41) is 2.54. The molecule has 0 aliphatic carbocycles. The molecule has 0 heterocycles. The molecule has 10 nitrogen and oxygen atoms in total. The second-order valence-electron chi connectivity index (χ2n) is 8.24. The summed E-state index contributed by atoms with van der Waals surface area (Å²) in [7, 11) is -5.62. The van der Waals surface area contributed by atoms with E-state index in [1.165, 1.54) is 50.6 Å². The molecule has 1 amide bonds. The maximum Gasteiger partial charge on any atom is 0.264 e. The Kier molecular flexibility index (Phi) is 8.26. The number of benzene rings is 4. The molecule has 0 saturated heterocycles. The van der Waals surface area contributed by atoms with Crippen LogP contribution in [0.4, 0.5) is 21.5 Å². The van der Waals surface area contributed by atoms with Crippen LogP contribution in [0.25, 0.3) is 0 Å². The van der Waals surface area contributed by atoms with Gasteiger partial charge >= 0.3 is 0 Å². The second kappa shape index (κ2) is 11.6. The van der Waals surface area contributed by atoms with Crippen LogP contribution in [-0.4, -0.2) is 37.0 Å². The number of rotatable bonds is 10. The number of hydrogen-bond donors (Lipinski definition) is 3. The molecule has 0 fully saturated rings.